The highest BCUT2D eigenvalue weighted by Gasteiger charge is 2.34. The average molecular weight is 702 g/mol. The number of carbonyl (C=O) groups excluding carboxylic acids is 2. The molecule has 14 nitrogen and oxygen atoms in total. The van der Waals surface area contributed by atoms with Gasteiger partial charge in [0.25, 0.3) is 11.5 Å². The number of amides is 2. The molecule has 6 heterocycles. The SMILES string of the molecule is CCc1c(N2CCN(C(=O)c3nccc(C)c3O)CC2)c(=O)n2nc(C3=CCCCO3)nc2n1CC(=O)Nc1ccc(C(F)(F)F)nc1Cl. The Balaban J connectivity index is 1.35. The number of fused-ring (bicyclic) bond motifs is 1. The predicted octanol–water partition coefficient (Wildman–Crippen LogP) is 3.68. The molecule has 2 amide bonds. The number of nitrogens with zero attached hydrogens (tertiary/aromatic N) is 8. The predicted molar refractivity (Wildman–Crippen MR) is 171 cm³/mol. The molecule has 2 aliphatic rings. The fraction of sp³-hybridized carbons (Fsp3) is 0.387. The molecule has 258 valence electrons. The molecule has 1 fully saturated rings. The summed E-state index contributed by atoms with van der Waals surface area (Å²) in [6.07, 6.45) is 0.355. The molecule has 2 N–H and O–H groups in total. The fourth-order valence-corrected chi connectivity index (χ4v) is 5.96. The first-order valence-electron chi connectivity index (χ1n) is 15.5. The monoisotopic (exact) mass is 701 g/mol. The van der Waals surface area contributed by atoms with Gasteiger partial charge >= 0.3 is 6.18 Å². The lowest BCUT2D eigenvalue weighted by Gasteiger charge is -2.36. The number of rotatable bonds is 7. The molecule has 49 heavy (non-hydrogen) atoms. The van der Waals surface area contributed by atoms with Crippen LogP contribution < -0.4 is 15.8 Å². The summed E-state index contributed by atoms with van der Waals surface area (Å²) in [5.41, 5.74) is -0.690. The summed E-state index contributed by atoms with van der Waals surface area (Å²) >= 11 is 5.99. The molecule has 0 spiro atoms. The highest BCUT2D eigenvalue weighted by molar-refractivity contribution is 6.32. The van der Waals surface area contributed by atoms with Crippen molar-refractivity contribution in [3.63, 3.8) is 0 Å². The summed E-state index contributed by atoms with van der Waals surface area (Å²) < 4.78 is 47.7. The molecule has 0 unspecified atom stereocenters. The van der Waals surface area contributed by atoms with Gasteiger partial charge < -0.3 is 29.5 Å². The zero-order valence-electron chi connectivity index (χ0n) is 26.4. The Morgan fingerprint density at radius 2 is 1.88 bits per heavy atom. The third kappa shape index (κ3) is 6.62. The number of ether oxygens (including phenoxy) is 1. The molecular formula is C31H31ClF3N9O5. The van der Waals surface area contributed by atoms with Crippen LogP contribution in [0.1, 0.15) is 53.0 Å². The average Bonchev–Trinajstić information content (AvgIpc) is 3.54. The molecule has 18 heteroatoms. The normalized spacial score (nSPS) is 15.3. The Morgan fingerprint density at radius 1 is 1.12 bits per heavy atom. The number of hydrogen-bond donors (Lipinski definition) is 2. The number of alkyl halides is 3. The number of hydrogen-bond acceptors (Lipinski definition) is 10. The molecule has 0 aliphatic carbocycles. The first kappa shape index (κ1) is 33.7. The standard InChI is InChI=1S/C31H31ClF3N9O5/c1-3-19-24(41-11-13-42(14-12-41)28(47)23-25(46)17(2)9-10-36-23)29(48)44-30(39-27(40-44)20-6-4-5-15-49-20)43(19)16-22(45)37-18-7-8-21(31(33,34)35)38-26(18)32/h6-10,46H,3-5,11-16H2,1-2H3,(H,37,45). The summed E-state index contributed by atoms with van der Waals surface area (Å²) in [4.78, 5) is 56.1. The summed E-state index contributed by atoms with van der Waals surface area (Å²) in [5.74, 6) is -0.708. The summed E-state index contributed by atoms with van der Waals surface area (Å²) in [7, 11) is 0. The van der Waals surface area contributed by atoms with Gasteiger partial charge in [-0.1, -0.05) is 18.5 Å². The van der Waals surface area contributed by atoms with Crippen molar-refractivity contribution in [1.82, 2.24) is 34.0 Å². The maximum atomic E-state index is 14.1. The minimum absolute atomic E-state index is 0.0530. The van der Waals surface area contributed by atoms with Crippen LogP contribution in [0.5, 0.6) is 5.75 Å². The van der Waals surface area contributed by atoms with E-state index in [-0.39, 0.29) is 67.0 Å². The minimum Gasteiger partial charge on any atom is -0.505 e. The van der Waals surface area contributed by atoms with Gasteiger partial charge in [-0.3, -0.25) is 14.4 Å². The minimum atomic E-state index is -4.72. The number of nitrogens with one attached hydrogen (secondary N) is 1. The van der Waals surface area contributed by atoms with Crippen molar-refractivity contribution in [2.75, 3.05) is 43.0 Å². The van der Waals surface area contributed by atoms with E-state index in [1.807, 2.05) is 6.08 Å². The van der Waals surface area contributed by atoms with E-state index >= 15 is 0 Å². The van der Waals surface area contributed by atoms with Crippen molar-refractivity contribution in [3.8, 4) is 5.75 Å². The van der Waals surface area contributed by atoms with E-state index in [1.54, 1.807) is 24.8 Å². The third-order valence-electron chi connectivity index (χ3n) is 8.24. The zero-order chi connectivity index (χ0) is 35.0. The number of anilines is 2. The lowest BCUT2D eigenvalue weighted by Crippen LogP contribution is -2.51. The number of piperazine rings is 1. The number of pyridine rings is 2. The lowest BCUT2D eigenvalue weighted by molar-refractivity contribution is -0.141. The van der Waals surface area contributed by atoms with Gasteiger partial charge in [0, 0.05) is 32.4 Å². The second kappa shape index (κ2) is 13.4. The van der Waals surface area contributed by atoms with Crippen LogP contribution in [0.4, 0.5) is 24.5 Å². The van der Waals surface area contributed by atoms with Crippen LogP contribution in [-0.2, 0) is 28.7 Å². The van der Waals surface area contributed by atoms with Crippen LogP contribution in [0.25, 0.3) is 11.5 Å². The molecule has 0 aromatic carbocycles. The van der Waals surface area contributed by atoms with E-state index < -0.39 is 40.9 Å². The molecule has 0 bridgehead atoms. The second-order valence-electron chi connectivity index (χ2n) is 11.4. The smallest absolute Gasteiger partial charge is 0.433 e. The first-order valence-corrected chi connectivity index (χ1v) is 15.8. The molecule has 2 aliphatic heterocycles. The summed E-state index contributed by atoms with van der Waals surface area (Å²) in [5, 5.41) is 16.8. The van der Waals surface area contributed by atoms with Crippen molar-refractivity contribution >= 4 is 46.3 Å². The van der Waals surface area contributed by atoms with E-state index in [0.717, 1.165) is 23.4 Å². The van der Waals surface area contributed by atoms with Crippen LogP contribution in [-0.4, -0.2) is 83.7 Å². The van der Waals surface area contributed by atoms with Crippen molar-refractivity contribution in [3.05, 3.63) is 74.4 Å². The molecule has 0 saturated carbocycles. The van der Waals surface area contributed by atoms with Gasteiger partial charge in [-0.25, -0.2) is 9.97 Å². The highest BCUT2D eigenvalue weighted by Crippen LogP contribution is 2.31. The van der Waals surface area contributed by atoms with Crippen molar-refractivity contribution < 1.29 is 32.6 Å². The molecule has 4 aromatic rings. The van der Waals surface area contributed by atoms with E-state index in [9.17, 15) is 32.7 Å². The Hall–Kier alpha value is -5.19. The van der Waals surface area contributed by atoms with Gasteiger partial charge in [0.2, 0.25) is 17.5 Å². The maximum absolute atomic E-state index is 14.1. The lowest BCUT2D eigenvalue weighted by atomic mass is 10.1. The Kier molecular flexibility index (Phi) is 9.20. The zero-order valence-corrected chi connectivity index (χ0v) is 27.2. The van der Waals surface area contributed by atoms with E-state index in [1.165, 1.54) is 15.7 Å². The van der Waals surface area contributed by atoms with Crippen LogP contribution >= 0.6 is 11.6 Å². The quantitative estimate of drug-likeness (QED) is 0.272. The Morgan fingerprint density at radius 3 is 2.53 bits per heavy atom. The second-order valence-corrected chi connectivity index (χ2v) is 11.8. The van der Waals surface area contributed by atoms with Crippen molar-refractivity contribution in [2.24, 2.45) is 0 Å². The number of aromatic nitrogens is 6. The fourth-order valence-electron chi connectivity index (χ4n) is 5.76. The van der Waals surface area contributed by atoms with Crippen LogP contribution in [0, 0.1) is 6.92 Å². The first-order chi connectivity index (χ1) is 23.4. The van der Waals surface area contributed by atoms with Crippen LogP contribution in [0.2, 0.25) is 5.15 Å². The number of aryl methyl sites for hydroxylation is 1. The van der Waals surface area contributed by atoms with Gasteiger partial charge in [0.1, 0.15) is 23.7 Å². The van der Waals surface area contributed by atoms with E-state index in [0.29, 0.717) is 29.7 Å². The summed E-state index contributed by atoms with van der Waals surface area (Å²) in [6.45, 7) is 4.39. The molecule has 0 radical (unpaired) electrons. The highest BCUT2D eigenvalue weighted by atomic mass is 35.5. The topological polar surface area (TPSA) is 160 Å². The van der Waals surface area contributed by atoms with Gasteiger partial charge in [-0.15, -0.1) is 5.10 Å². The Bertz CT molecular complexity index is 2040. The van der Waals surface area contributed by atoms with Gasteiger partial charge in [-0.05, 0) is 56.0 Å². The third-order valence-corrected chi connectivity index (χ3v) is 8.53. The molecular weight excluding hydrogens is 671 g/mol. The number of allylic oxidation sites excluding steroid dienone is 1. The van der Waals surface area contributed by atoms with Gasteiger partial charge in [0.05, 0.1) is 18.0 Å². The largest absolute Gasteiger partial charge is 0.505 e. The molecule has 1 saturated heterocycles. The number of halogens is 4. The maximum Gasteiger partial charge on any atom is 0.433 e. The van der Waals surface area contributed by atoms with E-state index in [2.05, 4.69) is 25.4 Å². The molecule has 6 rings (SSSR count). The summed E-state index contributed by atoms with van der Waals surface area (Å²) in [6, 6.07) is 3.31. The van der Waals surface area contributed by atoms with Crippen LogP contribution in [0.15, 0.2) is 35.3 Å². The number of carbonyl (C=O) groups is 2. The van der Waals surface area contributed by atoms with Crippen molar-refractivity contribution in [2.45, 2.75) is 45.8 Å². The van der Waals surface area contributed by atoms with Crippen molar-refractivity contribution in [1.29, 1.82) is 0 Å². The molecule has 4 aromatic heterocycles. The molecule has 0 atom stereocenters. The van der Waals surface area contributed by atoms with Crippen LogP contribution in [0.3, 0.4) is 0 Å². The van der Waals surface area contributed by atoms with E-state index in [4.69, 9.17) is 16.3 Å². The van der Waals surface area contributed by atoms with Gasteiger partial charge in [-0.2, -0.15) is 22.7 Å². The van der Waals surface area contributed by atoms with Gasteiger partial charge in [0.15, 0.2) is 16.6 Å². The Labute approximate surface area is 281 Å². The number of aromatic hydroxyl groups is 1.